The fourth-order valence-electron chi connectivity index (χ4n) is 3.46. The van der Waals surface area contributed by atoms with Gasteiger partial charge in [-0.15, -0.1) is 0 Å². The number of benzene rings is 3. The van der Waals surface area contributed by atoms with E-state index in [0.29, 0.717) is 0 Å². The van der Waals surface area contributed by atoms with Crippen molar-refractivity contribution in [3.05, 3.63) is 93.5 Å². The highest BCUT2D eigenvalue weighted by atomic mass is 35.5. The predicted molar refractivity (Wildman–Crippen MR) is 106 cm³/mol. The summed E-state index contributed by atoms with van der Waals surface area (Å²) in [6.45, 7) is 2.23. The van der Waals surface area contributed by atoms with Crippen molar-refractivity contribution < 1.29 is 0 Å². The van der Waals surface area contributed by atoms with E-state index in [1.165, 1.54) is 34.2 Å². The molecule has 0 aromatic heterocycles. The van der Waals surface area contributed by atoms with E-state index in [-0.39, 0.29) is 0 Å². The number of aryl methyl sites for hydroxylation is 1. The van der Waals surface area contributed by atoms with E-state index in [0.717, 1.165) is 29.0 Å². The van der Waals surface area contributed by atoms with Gasteiger partial charge in [-0.3, -0.25) is 0 Å². The summed E-state index contributed by atoms with van der Waals surface area (Å²) in [6.07, 6.45) is 3.36. The molecule has 0 radical (unpaired) electrons. The molecule has 0 nitrogen and oxygen atoms in total. The molecular weight excluding hydrogens is 324 g/mol. The lowest BCUT2D eigenvalue weighted by Gasteiger charge is -2.04. The van der Waals surface area contributed by atoms with Gasteiger partial charge in [-0.2, -0.15) is 0 Å². The molecule has 25 heavy (non-hydrogen) atoms. The van der Waals surface area contributed by atoms with Gasteiger partial charge in [0.2, 0.25) is 0 Å². The van der Waals surface area contributed by atoms with Crippen molar-refractivity contribution in [2.75, 3.05) is 0 Å². The Hall–Kier alpha value is -2.49. The maximum atomic E-state index is 5.92. The van der Waals surface area contributed by atoms with Gasteiger partial charge >= 0.3 is 0 Å². The molecule has 0 saturated heterocycles. The van der Waals surface area contributed by atoms with Gasteiger partial charge in [0.1, 0.15) is 0 Å². The van der Waals surface area contributed by atoms with E-state index in [4.69, 9.17) is 11.6 Å². The average Bonchev–Trinajstić information content (AvgIpc) is 2.98. The molecule has 0 atom stereocenters. The highest BCUT2D eigenvalue weighted by molar-refractivity contribution is 6.30. The van der Waals surface area contributed by atoms with Gasteiger partial charge in [0.25, 0.3) is 0 Å². The van der Waals surface area contributed by atoms with Crippen LogP contribution in [0.1, 0.15) is 41.2 Å². The van der Waals surface area contributed by atoms with Crippen LogP contribution in [0.2, 0.25) is 5.02 Å². The quantitative estimate of drug-likeness (QED) is 0.377. The van der Waals surface area contributed by atoms with Gasteiger partial charge in [-0.05, 0) is 77.1 Å². The van der Waals surface area contributed by atoms with Crippen molar-refractivity contribution in [3.8, 4) is 23.0 Å². The molecule has 0 saturated carbocycles. The van der Waals surface area contributed by atoms with E-state index in [2.05, 4.69) is 55.2 Å². The maximum absolute atomic E-state index is 5.92. The van der Waals surface area contributed by atoms with Crippen molar-refractivity contribution in [2.24, 2.45) is 0 Å². The minimum Gasteiger partial charge on any atom is -0.0843 e. The standard InChI is InChI=1S/C24H19Cl/c1-2-3-18-8-12-23-20(14-18)16-21-15-19(9-13-24(21)23)5-4-17-6-10-22(25)11-7-17/h6-15H,2-3,16H2,1H3. The van der Waals surface area contributed by atoms with Crippen LogP contribution in [0.5, 0.6) is 0 Å². The molecule has 0 amide bonds. The van der Waals surface area contributed by atoms with Gasteiger partial charge in [-0.1, -0.05) is 61.1 Å². The molecule has 0 bridgehead atoms. The first-order chi connectivity index (χ1) is 12.2. The lowest BCUT2D eigenvalue weighted by atomic mass is 10.0. The highest BCUT2D eigenvalue weighted by Crippen LogP contribution is 2.37. The van der Waals surface area contributed by atoms with Gasteiger partial charge < -0.3 is 0 Å². The molecule has 0 heterocycles. The van der Waals surface area contributed by atoms with Gasteiger partial charge in [-0.25, -0.2) is 0 Å². The normalized spacial score (nSPS) is 11.4. The van der Waals surface area contributed by atoms with E-state index in [9.17, 15) is 0 Å². The molecule has 3 aromatic rings. The molecule has 0 spiro atoms. The van der Waals surface area contributed by atoms with Crippen LogP contribution >= 0.6 is 11.6 Å². The molecule has 1 aliphatic carbocycles. The average molecular weight is 343 g/mol. The molecule has 1 aliphatic rings. The molecule has 4 rings (SSSR count). The van der Waals surface area contributed by atoms with E-state index in [1.807, 2.05) is 24.3 Å². The fourth-order valence-corrected chi connectivity index (χ4v) is 3.59. The Morgan fingerprint density at radius 1 is 0.800 bits per heavy atom. The van der Waals surface area contributed by atoms with Crippen molar-refractivity contribution in [1.82, 2.24) is 0 Å². The molecule has 3 aromatic carbocycles. The van der Waals surface area contributed by atoms with Crippen LogP contribution in [0, 0.1) is 11.8 Å². The second-order valence-corrected chi connectivity index (χ2v) is 6.98. The second-order valence-electron chi connectivity index (χ2n) is 6.55. The summed E-state index contributed by atoms with van der Waals surface area (Å²) in [5.41, 5.74) is 9.06. The van der Waals surface area contributed by atoms with Crippen molar-refractivity contribution >= 4 is 11.6 Å². The number of fused-ring (bicyclic) bond motifs is 3. The van der Waals surface area contributed by atoms with Crippen LogP contribution in [0.15, 0.2) is 60.7 Å². The third-order valence-corrected chi connectivity index (χ3v) is 4.93. The van der Waals surface area contributed by atoms with E-state index >= 15 is 0 Å². The topological polar surface area (TPSA) is 0 Å². The minimum atomic E-state index is 0.739. The first-order valence-electron chi connectivity index (χ1n) is 8.75. The third kappa shape index (κ3) is 3.34. The SMILES string of the molecule is CCCc1ccc2c(c1)Cc1cc(C#Cc3ccc(Cl)cc3)ccc1-2. The Bertz CT molecular complexity index is 985. The summed E-state index contributed by atoms with van der Waals surface area (Å²) in [5.74, 6) is 6.49. The largest absolute Gasteiger partial charge is 0.0843 e. The van der Waals surface area contributed by atoms with Crippen molar-refractivity contribution in [3.63, 3.8) is 0 Å². The number of rotatable bonds is 2. The Morgan fingerprint density at radius 3 is 2.20 bits per heavy atom. The first-order valence-corrected chi connectivity index (χ1v) is 9.13. The summed E-state index contributed by atoms with van der Waals surface area (Å²) in [6, 6.07) is 21.1. The number of halogens is 1. The van der Waals surface area contributed by atoms with Crippen LogP contribution in [-0.2, 0) is 12.8 Å². The summed E-state index contributed by atoms with van der Waals surface area (Å²) in [4.78, 5) is 0. The van der Waals surface area contributed by atoms with Crippen LogP contribution < -0.4 is 0 Å². The number of hydrogen-bond acceptors (Lipinski definition) is 0. The molecular formula is C24H19Cl. The smallest absolute Gasteiger partial charge is 0.0406 e. The number of hydrogen-bond donors (Lipinski definition) is 0. The molecule has 0 unspecified atom stereocenters. The predicted octanol–water partition coefficient (Wildman–Crippen LogP) is 6.26. The zero-order valence-corrected chi connectivity index (χ0v) is 15.0. The second kappa shape index (κ2) is 6.79. The minimum absolute atomic E-state index is 0.739. The Labute approximate surface area is 154 Å². The van der Waals surface area contributed by atoms with Crippen LogP contribution in [0.25, 0.3) is 11.1 Å². The van der Waals surface area contributed by atoms with Crippen LogP contribution in [0.3, 0.4) is 0 Å². The molecule has 1 heteroatoms. The Kier molecular flexibility index (Phi) is 4.35. The summed E-state index contributed by atoms with van der Waals surface area (Å²) < 4.78 is 0. The first kappa shape index (κ1) is 16.0. The van der Waals surface area contributed by atoms with Gasteiger partial charge in [0.15, 0.2) is 0 Å². The van der Waals surface area contributed by atoms with Crippen LogP contribution in [0.4, 0.5) is 0 Å². The highest BCUT2D eigenvalue weighted by Gasteiger charge is 2.18. The Morgan fingerprint density at radius 2 is 1.44 bits per heavy atom. The fraction of sp³-hybridized carbons (Fsp3) is 0.167. The molecule has 0 fully saturated rings. The third-order valence-electron chi connectivity index (χ3n) is 4.68. The van der Waals surface area contributed by atoms with Crippen molar-refractivity contribution in [1.29, 1.82) is 0 Å². The Balaban J connectivity index is 1.62. The van der Waals surface area contributed by atoms with Gasteiger partial charge in [0.05, 0.1) is 0 Å². The van der Waals surface area contributed by atoms with Gasteiger partial charge in [0, 0.05) is 16.1 Å². The summed E-state index contributed by atoms with van der Waals surface area (Å²) >= 11 is 5.92. The lowest BCUT2D eigenvalue weighted by Crippen LogP contribution is -1.86. The molecule has 0 N–H and O–H groups in total. The zero-order chi connectivity index (χ0) is 17.2. The van der Waals surface area contributed by atoms with Crippen molar-refractivity contribution in [2.45, 2.75) is 26.2 Å². The zero-order valence-electron chi connectivity index (χ0n) is 14.3. The molecule has 0 aliphatic heterocycles. The summed E-state index contributed by atoms with van der Waals surface area (Å²) in [5, 5.41) is 0.739. The lowest BCUT2D eigenvalue weighted by molar-refractivity contribution is 0.920. The monoisotopic (exact) mass is 342 g/mol. The van der Waals surface area contributed by atoms with E-state index in [1.54, 1.807) is 0 Å². The van der Waals surface area contributed by atoms with E-state index < -0.39 is 0 Å². The van der Waals surface area contributed by atoms with Crippen LogP contribution in [-0.4, -0.2) is 0 Å². The summed E-state index contributed by atoms with van der Waals surface area (Å²) in [7, 11) is 0. The maximum Gasteiger partial charge on any atom is 0.0406 e. The molecule has 122 valence electrons.